The first-order valence-electron chi connectivity index (χ1n) is 8.54. The third-order valence-corrected chi connectivity index (χ3v) is 5.77. The molecule has 0 aliphatic heterocycles. The van der Waals surface area contributed by atoms with Crippen LogP contribution in [0.3, 0.4) is 0 Å². The summed E-state index contributed by atoms with van der Waals surface area (Å²) in [7, 11) is 0. The average Bonchev–Trinajstić information content (AvgIpc) is 3.17. The van der Waals surface area contributed by atoms with Crippen LogP contribution in [0, 0.1) is 0 Å². The Bertz CT molecular complexity index is 1360. The Hall–Kier alpha value is -2.42. The molecule has 2 aromatic heterocycles. The SMILES string of the molecule is Clc1ccc2c3c(oc2c1)CCc1c-3ccc2oc3cc(Cl)ccc3c12. The van der Waals surface area contributed by atoms with Gasteiger partial charge in [-0.2, -0.15) is 0 Å². The molecule has 26 heavy (non-hydrogen) atoms. The van der Waals surface area contributed by atoms with Gasteiger partial charge >= 0.3 is 0 Å². The minimum Gasteiger partial charge on any atom is -0.460 e. The number of benzene rings is 3. The van der Waals surface area contributed by atoms with Crippen LogP contribution in [0.25, 0.3) is 44.0 Å². The van der Waals surface area contributed by atoms with E-state index in [2.05, 4.69) is 6.07 Å². The Kier molecular flexibility index (Phi) is 2.87. The molecule has 4 heteroatoms. The van der Waals surface area contributed by atoms with E-state index in [9.17, 15) is 0 Å². The van der Waals surface area contributed by atoms with Crippen LogP contribution in [0.2, 0.25) is 10.0 Å². The normalized spacial score (nSPS) is 13.5. The summed E-state index contributed by atoms with van der Waals surface area (Å²) in [6.45, 7) is 0. The molecule has 0 bridgehead atoms. The number of fused-ring (bicyclic) bond motifs is 9. The van der Waals surface area contributed by atoms with Crippen LogP contribution in [0.5, 0.6) is 0 Å². The van der Waals surface area contributed by atoms with E-state index in [-0.39, 0.29) is 0 Å². The van der Waals surface area contributed by atoms with Crippen molar-refractivity contribution in [3.63, 3.8) is 0 Å². The molecule has 0 saturated carbocycles. The number of hydrogen-bond donors (Lipinski definition) is 0. The lowest BCUT2D eigenvalue weighted by molar-refractivity contribution is 0.546. The molecule has 0 fully saturated rings. The molecule has 1 aliphatic carbocycles. The van der Waals surface area contributed by atoms with Gasteiger partial charge in [0.15, 0.2) is 0 Å². The molecule has 0 saturated heterocycles. The van der Waals surface area contributed by atoms with Gasteiger partial charge in [-0.3, -0.25) is 0 Å². The predicted octanol–water partition coefficient (Wildman–Crippen LogP) is 7.40. The van der Waals surface area contributed by atoms with E-state index in [0.29, 0.717) is 10.0 Å². The molecule has 0 radical (unpaired) electrons. The highest BCUT2D eigenvalue weighted by atomic mass is 35.5. The van der Waals surface area contributed by atoms with E-state index in [1.807, 2.05) is 42.5 Å². The van der Waals surface area contributed by atoms with Gasteiger partial charge in [-0.05, 0) is 47.9 Å². The van der Waals surface area contributed by atoms with Crippen LogP contribution in [-0.4, -0.2) is 0 Å². The fraction of sp³-hybridized carbons (Fsp3) is 0.0909. The summed E-state index contributed by atoms with van der Waals surface area (Å²) in [5.74, 6) is 1.03. The fourth-order valence-electron chi connectivity index (χ4n) is 4.24. The molecule has 0 amide bonds. The van der Waals surface area contributed by atoms with Crippen molar-refractivity contribution in [2.24, 2.45) is 0 Å². The van der Waals surface area contributed by atoms with Gasteiger partial charge in [0.05, 0.1) is 0 Å². The van der Waals surface area contributed by atoms with E-state index in [1.54, 1.807) is 0 Å². The fourth-order valence-corrected chi connectivity index (χ4v) is 4.56. The summed E-state index contributed by atoms with van der Waals surface area (Å²) in [5, 5.41) is 4.78. The van der Waals surface area contributed by atoms with Crippen LogP contribution in [-0.2, 0) is 12.8 Å². The molecule has 6 rings (SSSR count). The smallest absolute Gasteiger partial charge is 0.136 e. The third-order valence-electron chi connectivity index (χ3n) is 5.30. The minimum absolute atomic E-state index is 0.686. The topological polar surface area (TPSA) is 26.3 Å². The Morgan fingerprint density at radius 2 is 1.42 bits per heavy atom. The lowest BCUT2D eigenvalue weighted by Gasteiger charge is -2.16. The number of rotatable bonds is 0. The van der Waals surface area contributed by atoms with Crippen molar-refractivity contribution in [3.8, 4) is 11.1 Å². The maximum Gasteiger partial charge on any atom is 0.136 e. The van der Waals surface area contributed by atoms with Gasteiger partial charge in [0, 0.05) is 50.3 Å². The molecule has 126 valence electrons. The molecular weight excluding hydrogens is 367 g/mol. The van der Waals surface area contributed by atoms with Crippen LogP contribution < -0.4 is 0 Å². The molecule has 3 aromatic carbocycles. The van der Waals surface area contributed by atoms with Crippen LogP contribution in [0.15, 0.2) is 57.4 Å². The Morgan fingerprint density at radius 3 is 2.23 bits per heavy atom. The van der Waals surface area contributed by atoms with Crippen LogP contribution in [0.1, 0.15) is 11.3 Å². The zero-order chi connectivity index (χ0) is 17.4. The van der Waals surface area contributed by atoms with E-state index >= 15 is 0 Å². The highest BCUT2D eigenvalue weighted by Gasteiger charge is 2.26. The second-order valence-electron chi connectivity index (χ2n) is 6.75. The molecule has 2 heterocycles. The zero-order valence-electron chi connectivity index (χ0n) is 13.6. The van der Waals surface area contributed by atoms with Gasteiger partial charge in [0.25, 0.3) is 0 Å². The van der Waals surface area contributed by atoms with Gasteiger partial charge in [-0.1, -0.05) is 29.3 Å². The maximum absolute atomic E-state index is 6.14. The number of hydrogen-bond acceptors (Lipinski definition) is 2. The van der Waals surface area contributed by atoms with E-state index in [4.69, 9.17) is 32.0 Å². The average molecular weight is 379 g/mol. The van der Waals surface area contributed by atoms with E-state index in [1.165, 1.54) is 22.1 Å². The number of furan rings is 2. The highest BCUT2D eigenvalue weighted by molar-refractivity contribution is 6.32. The molecular formula is C22H12Cl2O2. The predicted molar refractivity (Wildman–Crippen MR) is 106 cm³/mol. The summed E-state index contributed by atoms with van der Waals surface area (Å²) in [4.78, 5) is 0. The Labute approximate surface area is 158 Å². The van der Waals surface area contributed by atoms with Crippen molar-refractivity contribution in [2.75, 3.05) is 0 Å². The number of halogens is 2. The van der Waals surface area contributed by atoms with Gasteiger partial charge in [0.1, 0.15) is 22.5 Å². The zero-order valence-corrected chi connectivity index (χ0v) is 15.1. The molecule has 1 aliphatic rings. The quantitative estimate of drug-likeness (QED) is 0.280. The standard InChI is InChI=1S/C22H12Cl2O2/c23-11-1-3-15-19(9-11)25-17-7-6-14-13(21(15)17)5-8-18-22(14)16-4-2-12(24)10-20(16)26-18/h1-5,8-10H,6-7H2. The van der Waals surface area contributed by atoms with E-state index in [0.717, 1.165) is 46.1 Å². The first kappa shape index (κ1) is 14.7. The lowest BCUT2D eigenvalue weighted by atomic mass is 9.86. The van der Waals surface area contributed by atoms with Gasteiger partial charge in [-0.15, -0.1) is 0 Å². The van der Waals surface area contributed by atoms with E-state index < -0.39 is 0 Å². The van der Waals surface area contributed by atoms with Crippen molar-refractivity contribution >= 4 is 56.1 Å². The summed E-state index contributed by atoms with van der Waals surface area (Å²) in [6.07, 6.45) is 1.79. The number of aryl methyl sites for hydroxylation is 2. The van der Waals surface area contributed by atoms with Crippen molar-refractivity contribution in [2.45, 2.75) is 12.8 Å². The van der Waals surface area contributed by atoms with Gasteiger partial charge in [0.2, 0.25) is 0 Å². The molecule has 0 atom stereocenters. The summed E-state index contributed by atoms with van der Waals surface area (Å²) in [5.41, 5.74) is 6.30. The van der Waals surface area contributed by atoms with Gasteiger partial charge < -0.3 is 8.83 Å². The van der Waals surface area contributed by atoms with Crippen molar-refractivity contribution in [1.82, 2.24) is 0 Å². The summed E-state index contributed by atoms with van der Waals surface area (Å²) in [6, 6.07) is 15.9. The van der Waals surface area contributed by atoms with Crippen LogP contribution in [0.4, 0.5) is 0 Å². The molecule has 2 nitrogen and oxygen atoms in total. The summed E-state index contributed by atoms with van der Waals surface area (Å²) < 4.78 is 12.1. The molecule has 0 spiro atoms. The van der Waals surface area contributed by atoms with Crippen LogP contribution >= 0.6 is 23.2 Å². The Balaban J connectivity index is 1.74. The first-order chi connectivity index (χ1) is 12.7. The van der Waals surface area contributed by atoms with Gasteiger partial charge in [-0.25, -0.2) is 0 Å². The van der Waals surface area contributed by atoms with Crippen molar-refractivity contribution in [3.05, 3.63) is 69.9 Å². The maximum atomic E-state index is 6.14. The molecule has 0 unspecified atom stereocenters. The Morgan fingerprint density at radius 1 is 0.692 bits per heavy atom. The minimum atomic E-state index is 0.686. The molecule has 5 aromatic rings. The molecule has 0 N–H and O–H groups in total. The van der Waals surface area contributed by atoms with Crippen molar-refractivity contribution in [1.29, 1.82) is 0 Å². The first-order valence-corrected chi connectivity index (χ1v) is 9.29. The lowest BCUT2D eigenvalue weighted by Crippen LogP contribution is -2.02. The van der Waals surface area contributed by atoms with Crippen molar-refractivity contribution < 1.29 is 8.83 Å². The second-order valence-corrected chi connectivity index (χ2v) is 7.62. The summed E-state index contributed by atoms with van der Waals surface area (Å²) >= 11 is 12.3. The largest absolute Gasteiger partial charge is 0.460 e. The highest BCUT2D eigenvalue weighted by Crippen LogP contribution is 2.45. The monoisotopic (exact) mass is 378 g/mol. The third kappa shape index (κ3) is 1.89. The second kappa shape index (κ2) is 5.06.